The van der Waals surface area contributed by atoms with Crippen molar-refractivity contribution >= 4 is 23.0 Å². The van der Waals surface area contributed by atoms with Gasteiger partial charge in [0, 0.05) is 25.8 Å². The Hall–Kier alpha value is -2.81. The van der Waals surface area contributed by atoms with Crippen LogP contribution in [0.1, 0.15) is 57.2 Å². The normalized spacial score (nSPS) is 15.7. The molecule has 1 N–H and O–H groups in total. The van der Waals surface area contributed by atoms with Gasteiger partial charge in [-0.2, -0.15) is 13.2 Å². The van der Waals surface area contributed by atoms with Crippen molar-refractivity contribution in [3.63, 3.8) is 0 Å². The zero-order chi connectivity index (χ0) is 25.6. The van der Waals surface area contributed by atoms with Crippen molar-refractivity contribution in [3.05, 3.63) is 47.8 Å². The monoisotopic (exact) mass is 493 g/mol. The molecule has 1 fully saturated rings. The number of aromatic nitrogens is 1. The van der Waals surface area contributed by atoms with E-state index in [9.17, 15) is 18.0 Å². The fraction of sp³-hybridized carbons (Fsp3) is 0.538. The molecule has 1 atom stereocenters. The van der Waals surface area contributed by atoms with Crippen LogP contribution in [0.4, 0.5) is 30.2 Å². The molecule has 9 heteroatoms. The molecule has 0 bridgehead atoms. The first-order valence-corrected chi connectivity index (χ1v) is 11.9. The van der Waals surface area contributed by atoms with E-state index in [1.165, 1.54) is 19.4 Å². The lowest BCUT2D eigenvalue weighted by Crippen LogP contribution is -2.42. The Balaban J connectivity index is 2.00. The minimum atomic E-state index is -4.50. The van der Waals surface area contributed by atoms with E-state index in [-0.39, 0.29) is 24.3 Å². The number of nitrogens with zero attached hydrogens (tertiary/aromatic N) is 2. The van der Waals surface area contributed by atoms with E-state index in [2.05, 4.69) is 29.0 Å². The maximum atomic E-state index is 13.0. The number of carbonyl (C=O) groups is 1. The van der Waals surface area contributed by atoms with Crippen molar-refractivity contribution < 1.29 is 27.4 Å². The van der Waals surface area contributed by atoms with Crippen LogP contribution in [-0.4, -0.2) is 43.9 Å². The predicted molar refractivity (Wildman–Crippen MR) is 130 cm³/mol. The van der Waals surface area contributed by atoms with Gasteiger partial charge in [0.25, 0.3) is 0 Å². The SMILES string of the molecule is COC(=O)C[C@@H](C)c1ccc(N(CC(C)C)C2CCOCC2)c(Nc2ccc(C(F)(F)F)nc2)c1. The summed E-state index contributed by atoms with van der Waals surface area (Å²) in [4.78, 5) is 17.8. The lowest BCUT2D eigenvalue weighted by molar-refractivity contribution is -0.141. The summed E-state index contributed by atoms with van der Waals surface area (Å²) >= 11 is 0. The first kappa shape index (κ1) is 26.8. The molecule has 0 aliphatic carbocycles. The number of pyridine rings is 1. The molecule has 0 amide bonds. The third-order valence-electron chi connectivity index (χ3n) is 6.13. The van der Waals surface area contributed by atoms with Crippen molar-refractivity contribution in [1.29, 1.82) is 0 Å². The zero-order valence-electron chi connectivity index (χ0n) is 20.7. The van der Waals surface area contributed by atoms with Crippen molar-refractivity contribution in [1.82, 2.24) is 4.98 Å². The molecule has 0 unspecified atom stereocenters. The highest BCUT2D eigenvalue weighted by Gasteiger charge is 2.32. The molecule has 2 aromatic rings. The highest BCUT2D eigenvalue weighted by Crippen LogP contribution is 2.36. The molecule has 6 nitrogen and oxygen atoms in total. The molecule has 2 heterocycles. The van der Waals surface area contributed by atoms with Crippen LogP contribution in [0.5, 0.6) is 0 Å². The standard InChI is InChI=1S/C26H34F3N3O3/c1-17(2)16-32(21-9-11-35-12-10-21)23-7-5-19(18(3)13-25(33)34-4)14-22(23)31-20-6-8-24(30-15-20)26(27,28)29/h5-8,14-15,17-18,21,31H,9-13,16H2,1-4H3/t18-/m1/s1. The van der Waals surface area contributed by atoms with Gasteiger partial charge >= 0.3 is 12.1 Å². The van der Waals surface area contributed by atoms with Gasteiger partial charge in [0.1, 0.15) is 5.69 Å². The fourth-order valence-electron chi connectivity index (χ4n) is 4.29. The molecule has 1 aliphatic heterocycles. The molecular formula is C26H34F3N3O3. The van der Waals surface area contributed by atoms with E-state index in [0.717, 1.165) is 42.4 Å². The molecule has 0 radical (unpaired) electrons. The van der Waals surface area contributed by atoms with Gasteiger partial charge in [-0.3, -0.25) is 4.79 Å². The second kappa shape index (κ2) is 11.7. The number of carbonyl (C=O) groups excluding carboxylic acids is 1. The summed E-state index contributed by atoms with van der Waals surface area (Å²) in [6, 6.07) is 8.64. The van der Waals surface area contributed by atoms with E-state index < -0.39 is 11.9 Å². The van der Waals surface area contributed by atoms with E-state index in [1.54, 1.807) is 0 Å². The Morgan fingerprint density at radius 3 is 2.49 bits per heavy atom. The molecule has 1 aromatic carbocycles. The van der Waals surface area contributed by atoms with E-state index in [1.807, 2.05) is 25.1 Å². The first-order chi connectivity index (χ1) is 16.6. The number of rotatable bonds is 9. The summed E-state index contributed by atoms with van der Waals surface area (Å²) in [5.41, 5.74) is 2.16. The maximum Gasteiger partial charge on any atom is 0.433 e. The van der Waals surface area contributed by atoms with Gasteiger partial charge in [0.2, 0.25) is 0 Å². The predicted octanol–water partition coefficient (Wildman–Crippen LogP) is 6.15. The number of hydrogen-bond acceptors (Lipinski definition) is 6. The van der Waals surface area contributed by atoms with Gasteiger partial charge in [-0.05, 0) is 54.5 Å². The number of halogens is 3. The van der Waals surface area contributed by atoms with E-state index >= 15 is 0 Å². The number of alkyl halides is 3. The number of benzene rings is 1. The van der Waals surface area contributed by atoms with Crippen LogP contribution >= 0.6 is 0 Å². The van der Waals surface area contributed by atoms with E-state index in [0.29, 0.717) is 24.8 Å². The molecule has 35 heavy (non-hydrogen) atoms. The van der Waals surface area contributed by atoms with Crippen molar-refractivity contribution in [2.45, 2.75) is 58.2 Å². The smallest absolute Gasteiger partial charge is 0.433 e. The van der Waals surface area contributed by atoms with Crippen LogP contribution in [0.3, 0.4) is 0 Å². The molecule has 1 saturated heterocycles. The molecular weight excluding hydrogens is 459 g/mol. The Morgan fingerprint density at radius 1 is 1.20 bits per heavy atom. The summed E-state index contributed by atoms with van der Waals surface area (Å²) in [5.74, 6) is 0.00688. The fourth-order valence-corrected chi connectivity index (χ4v) is 4.29. The van der Waals surface area contributed by atoms with Crippen LogP contribution < -0.4 is 10.2 Å². The second-order valence-corrected chi connectivity index (χ2v) is 9.40. The summed E-state index contributed by atoms with van der Waals surface area (Å²) < 4.78 is 49.3. The quantitative estimate of drug-likeness (QED) is 0.423. The highest BCUT2D eigenvalue weighted by atomic mass is 19.4. The number of anilines is 3. The average molecular weight is 494 g/mol. The van der Waals surface area contributed by atoms with Crippen LogP contribution in [0.25, 0.3) is 0 Å². The number of hydrogen-bond donors (Lipinski definition) is 1. The molecule has 0 saturated carbocycles. The summed E-state index contributed by atoms with van der Waals surface area (Å²) in [5, 5.41) is 3.29. The molecule has 0 spiro atoms. The first-order valence-electron chi connectivity index (χ1n) is 11.9. The average Bonchev–Trinajstić information content (AvgIpc) is 2.82. The lowest BCUT2D eigenvalue weighted by Gasteiger charge is -2.38. The third kappa shape index (κ3) is 7.34. The second-order valence-electron chi connectivity index (χ2n) is 9.40. The molecule has 192 valence electrons. The van der Waals surface area contributed by atoms with Gasteiger partial charge in [0.15, 0.2) is 0 Å². The maximum absolute atomic E-state index is 13.0. The van der Waals surface area contributed by atoms with Gasteiger partial charge < -0.3 is 19.7 Å². The van der Waals surface area contributed by atoms with Crippen LogP contribution in [0, 0.1) is 5.92 Å². The zero-order valence-corrected chi connectivity index (χ0v) is 20.7. The van der Waals surface area contributed by atoms with Crippen molar-refractivity contribution in [2.75, 3.05) is 37.1 Å². The summed E-state index contributed by atoms with van der Waals surface area (Å²) in [7, 11) is 1.36. The van der Waals surface area contributed by atoms with Crippen LogP contribution in [0.15, 0.2) is 36.5 Å². The van der Waals surface area contributed by atoms with Crippen LogP contribution in [0.2, 0.25) is 0 Å². The Kier molecular flexibility index (Phi) is 8.99. The Bertz CT molecular complexity index is 974. The van der Waals surface area contributed by atoms with Gasteiger partial charge in [-0.25, -0.2) is 4.98 Å². The number of ether oxygens (including phenoxy) is 2. The lowest BCUT2D eigenvalue weighted by atomic mass is 9.95. The minimum Gasteiger partial charge on any atom is -0.469 e. The molecule has 1 aromatic heterocycles. The van der Waals surface area contributed by atoms with Gasteiger partial charge in [-0.15, -0.1) is 0 Å². The van der Waals surface area contributed by atoms with Gasteiger partial charge in [0.05, 0.1) is 36.8 Å². The number of esters is 1. The molecule has 1 aliphatic rings. The van der Waals surface area contributed by atoms with Crippen molar-refractivity contribution in [3.8, 4) is 0 Å². The Labute approximate surface area is 204 Å². The van der Waals surface area contributed by atoms with Crippen molar-refractivity contribution in [2.24, 2.45) is 5.92 Å². The highest BCUT2D eigenvalue weighted by molar-refractivity contribution is 5.77. The van der Waals surface area contributed by atoms with Crippen LogP contribution in [-0.2, 0) is 20.4 Å². The number of nitrogens with one attached hydrogen (secondary N) is 1. The topological polar surface area (TPSA) is 63.7 Å². The Morgan fingerprint density at radius 2 is 1.91 bits per heavy atom. The minimum absolute atomic E-state index is 0.0931. The largest absolute Gasteiger partial charge is 0.469 e. The summed E-state index contributed by atoms with van der Waals surface area (Å²) in [6.45, 7) is 8.47. The summed E-state index contributed by atoms with van der Waals surface area (Å²) in [6.07, 6.45) is -1.28. The third-order valence-corrected chi connectivity index (χ3v) is 6.13. The number of methoxy groups -OCH3 is 1. The molecule has 3 rings (SSSR count). The van der Waals surface area contributed by atoms with E-state index in [4.69, 9.17) is 9.47 Å². The van der Waals surface area contributed by atoms with Gasteiger partial charge in [-0.1, -0.05) is 26.8 Å².